The van der Waals surface area contributed by atoms with Crippen molar-refractivity contribution >= 4 is 15.9 Å². The molecule has 0 radical (unpaired) electrons. The SMILES string of the molecule is OCC(Cc1ccc(Br)cc1F)c1cccc(F)c1. The fraction of sp³-hybridized carbons (Fsp3) is 0.200. The van der Waals surface area contributed by atoms with Gasteiger partial charge >= 0.3 is 0 Å². The zero-order chi connectivity index (χ0) is 13.8. The molecule has 19 heavy (non-hydrogen) atoms. The van der Waals surface area contributed by atoms with E-state index in [0.717, 1.165) is 0 Å². The Morgan fingerprint density at radius 1 is 1.11 bits per heavy atom. The average molecular weight is 327 g/mol. The number of hydrogen-bond donors (Lipinski definition) is 1. The van der Waals surface area contributed by atoms with Crippen LogP contribution in [-0.2, 0) is 6.42 Å². The quantitative estimate of drug-likeness (QED) is 0.898. The van der Waals surface area contributed by atoms with E-state index < -0.39 is 0 Å². The van der Waals surface area contributed by atoms with E-state index >= 15 is 0 Å². The van der Waals surface area contributed by atoms with Crippen molar-refractivity contribution in [3.05, 3.63) is 69.7 Å². The van der Waals surface area contributed by atoms with Crippen LogP contribution in [0.3, 0.4) is 0 Å². The highest BCUT2D eigenvalue weighted by Gasteiger charge is 2.14. The van der Waals surface area contributed by atoms with E-state index in [2.05, 4.69) is 15.9 Å². The third-order valence-electron chi connectivity index (χ3n) is 3.02. The molecule has 1 nitrogen and oxygen atoms in total. The first kappa shape index (κ1) is 14.2. The van der Waals surface area contributed by atoms with Gasteiger partial charge in [0, 0.05) is 10.4 Å². The van der Waals surface area contributed by atoms with Crippen LogP contribution in [0.4, 0.5) is 8.78 Å². The summed E-state index contributed by atoms with van der Waals surface area (Å²) in [5.74, 6) is -0.997. The van der Waals surface area contributed by atoms with Crippen LogP contribution >= 0.6 is 15.9 Å². The second-order valence-corrected chi connectivity index (χ2v) is 5.29. The molecule has 0 saturated heterocycles. The Hall–Kier alpha value is -1.26. The highest BCUT2D eigenvalue weighted by atomic mass is 79.9. The molecule has 0 spiro atoms. The Morgan fingerprint density at radius 3 is 2.53 bits per heavy atom. The lowest BCUT2D eigenvalue weighted by Crippen LogP contribution is -2.09. The van der Waals surface area contributed by atoms with Crippen molar-refractivity contribution in [2.24, 2.45) is 0 Å². The van der Waals surface area contributed by atoms with Gasteiger partial charge < -0.3 is 5.11 Å². The molecule has 2 aromatic carbocycles. The monoisotopic (exact) mass is 326 g/mol. The fourth-order valence-electron chi connectivity index (χ4n) is 2.00. The number of aliphatic hydroxyl groups is 1. The van der Waals surface area contributed by atoms with Crippen molar-refractivity contribution in [2.75, 3.05) is 6.61 Å². The van der Waals surface area contributed by atoms with Crippen molar-refractivity contribution in [2.45, 2.75) is 12.3 Å². The number of hydrogen-bond acceptors (Lipinski definition) is 1. The summed E-state index contributed by atoms with van der Waals surface area (Å²) in [6.45, 7) is -0.154. The average Bonchev–Trinajstić information content (AvgIpc) is 2.38. The minimum Gasteiger partial charge on any atom is -0.396 e. The van der Waals surface area contributed by atoms with E-state index in [0.29, 0.717) is 22.0 Å². The molecule has 100 valence electrons. The van der Waals surface area contributed by atoms with E-state index in [1.54, 1.807) is 24.3 Å². The molecule has 0 aromatic heterocycles. The lowest BCUT2D eigenvalue weighted by Gasteiger charge is -2.15. The van der Waals surface area contributed by atoms with Gasteiger partial charge in [0.15, 0.2) is 0 Å². The number of aliphatic hydroxyl groups excluding tert-OH is 1. The molecule has 1 N–H and O–H groups in total. The van der Waals surface area contributed by atoms with Gasteiger partial charge in [-0.05, 0) is 41.8 Å². The van der Waals surface area contributed by atoms with Crippen LogP contribution in [0.5, 0.6) is 0 Å². The smallest absolute Gasteiger partial charge is 0.127 e. The fourth-order valence-corrected chi connectivity index (χ4v) is 2.33. The molecular weight excluding hydrogens is 314 g/mol. The van der Waals surface area contributed by atoms with Crippen molar-refractivity contribution < 1.29 is 13.9 Å². The van der Waals surface area contributed by atoms with E-state index in [9.17, 15) is 13.9 Å². The predicted octanol–water partition coefficient (Wildman–Crippen LogP) is 4.05. The third kappa shape index (κ3) is 3.61. The summed E-state index contributed by atoms with van der Waals surface area (Å²) in [6.07, 6.45) is 0.332. The molecule has 0 fully saturated rings. The minimum atomic E-state index is -0.354. The molecule has 0 heterocycles. The van der Waals surface area contributed by atoms with Crippen molar-refractivity contribution in [1.29, 1.82) is 0 Å². The topological polar surface area (TPSA) is 20.2 Å². The summed E-state index contributed by atoms with van der Waals surface area (Å²) >= 11 is 3.20. The van der Waals surface area contributed by atoms with E-state index in [4.69, 9.17) is 0 Å². The van der Waals surface area contributed by atoms with Crippen LogP contribution in [0, 0.1) is 11.6 Å². The lowest BCUT2D eigenvalue weighted by atomic mass is 9.92. The van der Waals surface area contributed by atoms with Crippen molar-refractivity contribution in [1.82, 2.24) is 0 Å². The second-order valence-electron chi connectivity index (χ2n) is 4.37. The van der Waals surface area contributed by atoms with E-state index in [-0.39, 0.29) is 24.2 Å². The van der Waals surface area contributed by atoms with Gasteiger partial charge in [-0.25, -0.2) is 8.78 Å². The number of benzene rings is 2. The first-order chi connectivity index (χ1) is 9.10. The molecular formula is C15H13BrF2O. The van der Waals surface area contributed by atoms with Gasteiger partial charge in [0.1, 0.15) is 11.6 Å². The zero-order valence-electron chi connectivity index (χ0n) is 10.1. The summed E-state index contributed by atoms with van der Waals surface area (Å²) in [5.41, 5.74) is 1.18. The Morgan fingerprint density at radius 2 is 1.89 bits per heavy atom. The van der Waals surface area contributed by atoms with Gasteiger partial charge in [0.05, 0.1) is 6.61 Å². The molecule has 0 aliphatic carbocycles. The molecule has 0 saturated carbocycles. The standard InChI is InChI=1S/C15H13BrF2O/c16-13-5-4-11(15(18)8-13)6-12(9-19)10-2-1-3-14(17)7-10/h1-5,7-8,12,19H,6,9H2. The zero-order valence-corrected chi connectivity index (χ0v) is 11.7. The van der Waals surface area contributed by atoms with Crippen molar-refractivity contribution in [3.63, 3.8) is 0 Å². The Kier molecular flexibility index (Phi) is 4.66. The van der Waals surface area contributed by atoms with Crippen molar-refractivity contribution in [3.8, 4) is 0 Å². The summed E-state index contributed by atoms with van der Waals surface area (Å²) in [7, 11) is 0. The van der Waals surface area contributed by atoms with Gasteiger partial charge in [0.2, 0.25) is 0 Å². The van der Waals surface area contributed by atoms with Crippen LogP contribution in [-0.4, -0.2) is 11.7 Å². The minimum absolute atomic E-state index is 0.154. The van der Waals surface area contributed by atoms with Gasteiger partial charge in [-0.15, -0.1) is 0 Å². The highest BCUT2D eigenvalue weighted by Crippen LogP contribution is 2.24. The van der Waals surface area contributed by atoms with Crippen LogP contribution in [0.25, 0.3) is 0 Å². The molecule has 0 aliphatic heterocycles. The first-order valence-corrected chi connectivity index (χ1v) is 6.69. The molecule has 0 bridgehead atoms. The van der Waals surface area contributed by atoms with Crippen LogP contribution in [0.1, 0.15) is 17.0 Å². The maximum absolute atomic E-state index is 13.8. The first-order valence-electron chi connectivity index (χ1n) is 5.90. The summed E-state index contributed by atoms with van der Waals surface area (Å²) in [6, 6.07) is 10.8. The van der Waals surface area contributed by atoms with Gasteiger partial charge in [-0.1, -0.05) is 34.1 Å². The molecule has 0 aliphatic rings. The molecule has 0 amide bonds. The summed E-state index contributed by atoms with van der Waals surface area (Å²) in [4.78, 5) is 0. The molecule has 2 rings (SSSR count). The normalized spacial score (nSPS) is 12.4. The van der Waals surface area contributed by atoms with Gasteiger partial charge in [0.25, 0.3) is 0 Å². The van der Waals surface area contributed by atoms with Crippen LogP contribution in [0.15, 0.2) is 46.9 Å². The van der Waals surface area contributed by atoms with Gasteiger partial charge in [-0.3, -0.25) is 0 Å². The lowest BCUT2D eigenvalue weighted by molar-refractivity contribution is 0.263. The van der Waals surface area contributed by atoms with Crippen LogP contribution in [0.2, 0.25) is 0 Å². The largest absolute Gasteiger partial charge is 0.396 e. The second kappa shape index (κ2) is 6.26. The Bertz CT molecular complexity index is 572. The highest BCUT2D eigenvalue weighted by molar-refractivity contribution is 9.10. The molecule has 1 unspecified atom stereocenters. The third-order valence-corrected chi connectivity index (χ3v) is 3.52. The van der Waals surface area contributed by atoms with Gasteiger partial charge in [-0.2, -0.15) is 0 Å². The van der Waals surface area contributed by atoms with E-state index in [1.807, 2.05) is 0 Å². The predicted molar refractivity (Wildman–Crippen MR) is 74.0 cm³/mol. The molecule has 1 atom stereocenters. The van der Waals surface area contributed by atoms with Crippen LogP contribution < -0.4 is 0 Å². The molecule has 2 aromatic rings. The maximum atomic E-state index is 13.8. The number of halogens is 3. The summed E-state index contributed by atoms with van der Waals surface area (Å²) < 4.78 is 27.6. The number of rotatable bonds is 4. The maximum Gasteiger partial charge on any atom is 0.127 e. The molecule has 4 heteroatoms. The summed E-state index contributed by atoms with van der Waals surface area (Å²) in [5, 5.41) is 9.42. The Labute approximate surface area is 119 Å². The van der Waals surface area contributed by atoms with E-state index in [1.165, 1.54) is 18.2 Å². The Balaban J connectivity index is 2.24.